The van der Waals surface area contributed by atoms with E-state index in [1.165, 1.54) is 24.3 Å². The molecule has 0 amide bonds. The van der Waals surface area contributed by atoms with Gasteiger partial charge in [-0.2, -0.15) is 0 Å². The molecule has 1 aromatic heterocycles. The van der Waals surface area contributed by atoms with Crippen LogP contribution in [-0.2, 0) is 19.7 Å². The molecule has 0 radical (unpaired) electrons. The lowest BCUT2D eigenvalue weighted by atomic mass is 10.1. The smallest absolute Gasteiger partial charge is 0.292 e. The number of hydrogen-bond donors (Lipinski definition) is 0. The molecule has 9 nitrogen and oxygen atoms in total. The molecule has 0 saturated heterocycles. The highest BCUT2D eigenvalue weighted by Crippen LogP contribution is 2.32. The maximum Gasteiger partial charge on any atom is 0.292 e. The standard InChI is InChI=1S/C23H18N4O5S/c1-24-21(15-5-13-20(32-2)14-6-15)23(33)25(17-9-11-19(12-10-17)27(30)31)22(24)16-3-7-18(8-4-16)26(28)29/h3-14H,1-2H3. The minimum atomic E-state index is -0.464. The Bertz CT molecular complexity index is 1270. The van der Waals surface area contributed by atoms with Gasteiger partial charge in [0.15, 0.2) is 5.69 Å². The molecule has 33 heavy (non-hydrogen) atoms. The summed E-state index contributed by atoms with van der Waals surface area (Å²) in [6.45, 7) is 0. The second-order valence-electron chi connectivity index (χ2n) is 7.18. The van der Waals surface area contributed by atoms with E-state index in [1.807, 2.05) is 35.9 Å². The van der Waals surface area contributed by atoms with Crippen LogP contribution in [0.15, 0.2) is 77.8 Å². The van der Waals surface area contributed by atoms with Crippen molar-refractivity contribution in [1.29, 1.82) is 0 Å². The zero-order chi connectivity index (χ0) is 23.7. The van der Waals surface area contributed by atoms with Crippen molar-refractivity contribution in [1.82, 2.24) is 4.57 Å². The summed E-state index contributed by atoms with van der Waals surface area (Å²) in [5.74, 6) is 1.38. The lowest BCUT2D eigenvalue weighted by Crippen LogP contribution is -2.32. The van der Waals surface area contributed by atoms with Crippen molar-refractivity contribution < 1.29 is 19.2 Å². The van der Waals surface area contributed by atoms with E-state index in [-0.39, 0.29) is 11.4 Å². The highest BCUT2D eigenvalue weighted by Gasteiger charge is 2.27. The van der Waals surface area contributed by atoms with Crippen LogP contribution in [0.4, 0.5) is 11.4 Å². The second-order valence-corrected chi connectivity index (χ2v) is 7.56. The van der Waals surface area contributed by atoms with Crippen molar-refractivity contribution in [2.24, 2.45) is 7.05 Å². The van der Waals surface area contributed by atoms with Gasteiger partial charge < -0.3 is 17.4 Å². The largest absolute Gasteiger partial charge is 0.733 e. The number of hydrogen-bond acceptors (Lipinski definition) is 6. The van der Waals surface area contributed by atoms with E-state index >= 15 is 0 Å². The highest BCUT2D eigenvalue weighted by molar-refractivity contribution is 7.58. The van der Waals surface area contributed by atoms with Crippen molar-refractivity contribution in [3.8, 4) is 34.1 Å². The fraction of sp³-hybridized carbons (Fsp3) is 0.0870. The monoisotopic (exact) mass is 462 g/mol. The summed E-state index contributed by atoms with van der Waals surface area (Å²) >= 11 is 5.85. The fourth-order valence-corrected chi connectivity index (χ4v) is 4.13. The molecule has 0 aliphatic carbocycles. The van der Waals surface area contributed by atoms with Crippen molar-refractivity contribution in [2.75, 3.05) is 7.11 Å². The number of non-ortho nitro benzene ring substituents is 2. The summed E-state index contributed by atoms with van der Waals surface area (Å²) in [5, 5.41) is 22.7. The summed E-state index contributed by atoms with van der Waals surface area (Å²) in [5.41, 5.74) is 2.88. The number of imidazole rings is 1. The second kappa shape index (κ2) is 8.67. The molecule has 0 saturated carbocycles. The molecule has 0 spiro atoms. The SMILES string of the molecule is COc1ccc(-c2c([S-])n(-c3ccc([N+](=O)[O-])cc3)c(-c3ccc([N+](=O)[O-])cc3)[n+]2C)cc1. The summed E-state index contributed by atoms with van der Waals surface area (Å²) in [6.07, 6.45) is 0. The molecule has 0 unspecified atom stereocenters. The third kappa shape index (κ3) is 3.99. The van der Waals surface area contributed by atoms with Gasteiger partial charge in [0.25, 0.3) is 17.2 Å². The average molecular weight is 462 g/mol. The van der Waals surface area contributed by atoms with Crippen molar-refractivity contribution in [2.45, 2.75) is 5.03 Å². The number of nitro benzene ring substituents is 2. The third-order valence-electron chi connectivity index (χ3n) is 5.29. The maximum atomic E-state index is 11.1. The van der Waals surface area contributed by atoms with Gasteiger partial charge >= 0.3 is 0 Å². The Kier molecular flexibility index (Phi) is 5.76. The highest BCUT2D eigenvalue weighted by atomic mass is 32.1. The van der Waals surface area contributed by atoms with E-state index in [4.69, 9.17) is 17.4 Å². The van der Waals surface area contributed by atoms with Gasteiger partial charge in [-0.1, -0.05) is 0 Å². The molecule has 0 N–H and O–H groups in total. The van der Waals surface area contributed by atoms with Gasteiger partial charge in [0, 0.05) is 34.9 Å². The molecular formula is C23H18N4O5S. The van der Waals surface area contributed by atoms with Crippen molar-refractivity contribution in [3.63, 3.8) is 0 Å². The number of methoxy groups -OCH3 is 1. The minimum Gasteiger partial charge on any atom is -0.733 e. The molecule has 0 aliphatic heterocycles. The Morgan fingerprint density at radius 2 is 1.30 bits per heavy atom. The van der Waals surface area contributed by atoms with Crippen LogP contribution >= 0.6 is 0 Å². The number of benzene rings is 3. The lowest BCUT2D eigenvalue weighted by Gasteiger charge is -2.09. The number of rotatable bonds is 6. The minimum absolute atomic E-state index is 0.0242. The van der Waals surface area contributed by atoms with Gasteiger partial charge in [-0.05, 0) is 48.5 Å². The lowest BCUT2D eigenvalue weighted by molar-refractivity contribution is -0.649. The molecule has 0 atom stereocenters. The van der Waals surface area contributed by atoms with Crippen molar-refractivity contribution in [3.05, 3.63) is 93.0 Å². The van der Waals surface area contributed by atoms with E-state index in [9.17, 15) is 20.2 Å². The number of ether oxygens (including phenoxy) is 1. The van der Waals surface area contributed by atoms with E-state index in [0.29, 0.717) is 27.9 Å². The van der Waals surface area contributed by atoms with Crippen LogP contribution in [0.25, 0.3) is 28.3 Å². The molecule has 0 bridgehead atoms. The van der Waals surface area contributed by atoms with Crippen LogP contribution < -0.4 is 9.30 Å². The van der Waals surface area contributed by atoms with E-state index in [0.717, 1.165) is 11.3 Å². The molecule has 166 valence electrons. The van der Waals surface area contributed by atoms with Gasteiger partial charge in [-0.3, -0.25) is 20.2 Å². The zero-order valence-corrected chi connectivity index (χ0v) is 18.5. The van der Waals surface area contributed by atoms with E-state index < -0.39 is 9.85 Å². The first kappa shape index (κ1) is 21.9. The predicted octanol–water partition coefficient (Wildman–Crippen LogP) is 4.37. The molecule has 3 aromatic carbocycles. The molecule has 4 rings (SSSR count). The van der Waals surface area contributed by atoms with Crippen molar-refractivity contribution >= 4 is 24.0 Å². The zero-order valence-electron chi connectivity index (χ0n) is 17.7. The Morgan fingerprint density at radius 3 is 1.79 bits per heavy atom. The molecular weight excluding hydrogens is 444 g/mol. The first-order valence-electron chi connectivity index (χ1n) is 9.77. The summed E-state index contributed by atoms with van der Waals surface area (Å²) < 4.78 is 8.96. The summed E-state index contributed by atoms with van der Waals surface area (Å²) in [7, 11) is 3.44. The van der Waals surface area contributed by atoms with E-state index in [1.54, 1.807) is 35.9 Å². The Hall–Kier alpha value is -4.31. The number of nitrogens with zero attached hydrogens (tertiary/aromatic N) is 4. The Morgan fingerprint density at radius 1 is 0.818 bits per heavy atom. The van der Waals surface area contributed by atoms with Crippen LogP contribution in [0, 0.1) is 20.2 Å². The first-order valence-corrected chi connectivity index (χ1v) is 10.2. The van der Waals surface area contributed by atoms with Gasteiger partial charge in [0.05, 0.1) is 29.6 Å². The van der Waals surface area contributed by atoms with Gasteiger partial charge in [0.1, 0.15) is 11.4 Å². The third-order valence-corrected chi connectivity index (χ3v) is 5.67. The van der Waals surface area contributed by atoms with Crippen LogP contribution in [0.5, 0.6) is 5.75 Å². The van der Waals surface area contributed by atoms with Crippen LogP contribution in [0.1, 0.15) is 0 Å². The number of nitro groups is 2. The molecule has 0 aliphatic rings. The van der Waals surface area contributed by atoms with E-state index in [2.05, 4.69) is 0 Å². The fourth-order valence-electron chi connectivity index (χ4n) is 3.69. The summed E-state index contributed by atoms with van der Waals surface area (Å²) in [4.78, 5) is 21.3. The number of aromatic nitrogens is 2. The van der Waals surface area contributed by atoms with Gasteiger partial charge in [-0.15, -0.1) is 0 Å². The Labute approximate surface area is 194 Å². The first-order chi connectivity index (χ1) is 15.8. The van der Waals surface area contributed by atoms with Crippen LogP contribution in [0.3, 0.4) is 0 Å². The normalized spacial score (nSPS) is 10.7. The van der Waals surface area contributed by atoms with Crippen LogP contribution in [-0.4, -0.2) is 21.5 Å². The molecule has 4 aromatic rings. The quantitative estimate of drug-likeness (QED) is 0.182. The summed E-state index contributed by atoms with van der Waals surface area (Å²) in [6, 6.07) is 19.7. The Balaban J connectivity index is 1.96. The molecule has 0 fully saturated rings. The van der Waals surface area contributed by atoms with Crippen LogP contribution in [0.2, 0.25) is 0 Å². The van der Waals surface area contributed by atoms with Gasteiger partial charge in [0.2, 0.25) is 0 Å². The maximum absolute atomic E-state index is 11.1. The average Bonchev–Trinajstić information content (AvgIpc) is 3.09. The molecule has 1 heterocycles. The van der Waals surface area contributed by atoms with Gasteiger partial charge in [-0.25, -0.2) is 9.13 Å². The predicted molar refractivity (Wildman–Crippen MR) is 123 cm³/mol. The topological polar surface area (TPSA) is 104 Å². The molecule has 10 heteroatoms.